The van der Waals surface area contributed by atoms with Crippen LogP contribution in [0.2, 0.25) is 0 Å². The van der Waals surface area contributed by atoms with Crippen LogP contribution in [-0.4, -0.2) is 46.9 Å². The number of nitrogens with one attached hydrogen (secondary N) is 1. The van der Waals surface area contributed by atoms with Gasteiger partial charge in [-0.15, -0.1) is 0 Å². The topological polar surface area (TPSA) is 86.7 Å². The van der Waals surface area contributed by atoms with E-state index in [0.717, 1.165) is 0 Å². The van der Waals surface area contributed by atoms with Gasteiger partial charge in [0.1, 0.15) is 6.04 Å². The van der Waals surface area contributed by atoms with Crippen LogP contribution in [0.15, 0.2) is 0 Å². The van der Waals surface area contributed by atoms with E-state index < -0.39 is 12.0 Å². The minimum Gasteiger partial charge on any atom is -0.480 e. The van der Waals surface area contributed by atoms with Crippen LogP contribution in [0.5, 0.6) is 0 Å². The molecule has 0 aromatic carbocycles. The van der Waals surface area contributed by atoms with Crippen LogP contribution in [0.25, 0.3) is 0 Å². The largest absolute Gasteiger partial charge is 0.480 e. The summed E-state index contributed by atoms with van der Waals surface area (Å²) in [5.41, 5.74) is 0. The smallest absolute Gasteiger partial charge is 0.326 e. The van der Waals surface area contributed by atoms with E-state index in [1.807, 2.05) is 0 Å². The number of hydrogen-bond acceptors (Lipinski definition) is 3. The molecule has 0 spiro atoms. The summed E-state index contributed by atoms with van der Waals surface area (Å²) in [6, 6.07) is -0.849. The summed E-state index contributed by atoms with van der Waals surface area (Å²) in [5.74, 6) is -1.56. The number of carboxylic acid groups (broad SMARTS) is 1. The van der Waals surface area contributed by atoms with Crippen molar-refractivity contribution < 1.29 is 19.5 Å². The lowest BCUT2D eigenvalue weighted by Gasteiger charge is -2.31. The Balaban J connectivity index is 2.51. The fraction of sp³-hybridized carbons (Fsp3) is 0.769. The van der Waals surface area contributed by atoms with Crippen LogP contribution in [0.4, 0.5) is 0 Å². The summed E-state index contributed by atoms with van der Waals surface area (Å²) in [4.78, 5) is 35.9. The number of likely N-dealkylation sites (tertiary alicyclic amines) is 1. The van der Waals surface area contributed by atoms with E-state index >= 15 is 0 Å². The van der Waals surface area contributed by atoms with Crippen LogP contribution in [0.3, 0.4) is 0 Å². The number of rotatable bonds is 4. The highest BCUT2D eigenvalue weighted by Gasteiger charge is 2.30. The maximum Gasteiger partial charge on any atom is 0.326 e. The number of carbonyl (C=O) groups is 3. The zero-order valence-electron chi connectivity index (χ0n) is 11.7. The minimum absolute atomic E-state index is 0.0180. The third-order valence-electron chi connectivity index (χ3n) is 3.54. The van der Waals surface area contributed by atoms with E-state index in [1.165, 1.54) is 6.92 Å². The van der Waals surface area contributed by atoms with Gasteiger partial charge in [-0.25, -0.2) is 4.79 Å². The van der Waals surface area contributed by atoms with Crippen molar-refractivity contribution in [1.82, 2.24) is 10.2 Å². The molecule has 1 aliphatic rings. The van der Waals surface area contributed by atoms with Crippen molar-refractivity contribution in [2.45, 2.75) is 39.7 Å². The fourth-order valence-corrected chi connectivity index (χ4v) is 2.24. The Bertz CT molecular complexity index is 360. The lowest BCUT2D eigenvalue weighted by Crippen LogP contribution is -2.49. The van der Waals surface area contributed by atoms with Crippen molar-refractivity contribution in [1.29, 1.82) is 0 Å². The maximum atomic E-state index is 12.0. The van der Waals surface area contributed by atoms with E-state index in [0.29, 0.717) is 25.9 Å². The summed E-state index contributed by atoms with van der Waals surface area (Å²) in [6.07, 6.45) is 1.19. The first-order valence-electron chi connectivity index (χ1n) is 6.61. The van der Waals surface area contributed by atoms with Gasteiger partial charge in [0, 0.05) is 25.9 Å². The Labute approximate surface area is 113 Å². The van der Waals surface area contributed by atoms with Crippen LogP contribution < -0.4 is 5.32 Å². The zero-order valence-corrected chi connectivity index (χ0v) is 11.7. The van der Waals surface area contributed by atoms with Crippen molar-refractivity contribution in [2.75, 3.05) is 13.1 Å². The Hall–Kier alpha value is -1.59. The number of aliphatic carboxylic acids is 1. The maximum absolute atomic E-state index is 12.0. The summed E-state index contributed by atoms with van der Waals surface area (Å²) in [7, 11) is 0. The molecule has 0 aromatic heterocycles. The molecule has 0 saturated carbocycles. The van der Waals surface area contributed by atoms with E-state index in [9.17, 15) is 14.4 Å². The molecule has 0 bridgehead atoms. The van der Waals surface area contributed by atoms with Crippen LogP contribution in [0.1, 0.15) is 33.6 Å². The van der Waals surface area contributed by atoms with Gasteiger partial charge < -0.3 is 15.3 Å². The van der Waals surface area contributed by atoms with Crippen molar-refractivity contribution in [3.8, 4) is 0 Å². The van der Waals surface area contributed by atoms with E-state index in [-0.39, 0.29) is 23.7 Å². The summed E-state index contributed by atoms with van der Waals surface area (Å²) >= 11 is 0. The van der Waals surface area contributed by atoms with Crippen molar-refractivity contribution in [3.63, 3.8) is 0 Å². The second-order valence-corrected chi connectivity index (χ2v) is 5.35. The van der Waals surface area contributed by atoms with Crippen molar-refractivity contribution in [2.24, 2.45) is 11.8 Å². The van der Waals surface area contributed by atoms with Crippen molar-refractivity contribution in [3.05, 3.63) is 0 Å². The van der Waals surface area contributed by atoms with Gasteiger partial charge >= 0.3 is 5.97 Å². The molecule has 1 rings (SSSR count). The highest BCUT2D eigenvalue weighted by Crippen LogP contribution is 2.18. The number of hydrogen-bond donors (Lipinski definition) is 2. The number of piperidine rings is 1. The lowest BCUT2D eigenvalue weighted by molar-refractivity contribution is -0.144. The molecule has 0 radical (unpaired) electrons. The number of carboxylic acids is 1. The second kappa shape index (κ2) is 6.54. The molecule has 1 fully saturated rings. The van der Waals surface area contributed by atoms with Gasteiger partial charge in [0.05, 0.1) is 0 Å². The molecule has 1 saturated heterocycles. The SMILES string of the molecule is CC(=O)N1CCC(C(=O)N[C@@H](C(=O)O)C(C)C)CC1. The van der Waals surface area contributed by atoms with Gasteiger partial charge in [-0.2, -0.15) is 0 Å². The Morgan fingerprint density at radius 1 is 1.21 bits per heavy atom. The average Bonchev–Trinajstić information content (AvgIpc) is 2.34. The fourth-order valence-electron chi connectivity index (χ4n) is 2.24. The molecule has 1 heterocycles. The first-order chi connectivity index (χ1) is 8.82. The van der Waals surface area contributed by atoms with Gasteiger partial charge in [-0.3, -0.25) is 9.59 Å². The molecule has 0 aliphatic carbocycles. The standard InChI is InChI=1S/C13H22N2O4/c1-8(2)11(13(18)19)14-12(17)10-4-6-15(7-5-10)9(3)16/h8,10-11H,4-7H2,1-3H3,(H,14,17)(H,18,19)/t11-/m1/s1. The Morgan fingerprint density at radius 2 is 1.74 bits per heavy atom. The van der Waals surface area contributed by atoms with Crippen molar-refractivity contribution >= 4 is 17.8 Å². The molecule has 19 heavy (non-hydrogen) atoms. The highest BCUT2D eigenvalue weighted by molar-refractivity contribution is 5.85. The quantitative estimate of drug-likeness (QED) is 0.777. The van der Waals surface area contributed by atoms with Gasteiger partial charge in [-0.05, 0) is 18.8 Å². The molecule has 1 aliphatic heterocycles. The van der Waals surface area contributed by atoms with Crippen LogP contribution in [0, 0.1) is 11.8 Å². The molecule has 0 aromatic rings. The van der Waals surface area contributed by atoms with Crippen LogP contribution in [-0.2, 0) is 14.4 Å². The average molecular weight is 270 g/mol. The van der Waals surface area contributed by atoms with Gasteiger partial charge in [0.15, 0.2) is 0 Å². The third-order valence-corrected chi connectivity index (χ3v) is 3.54. The Morgan fingerprint density at radius 3 is 2.11 bits per heavy atom. The molecular formula is C13H22N2O4. The van der Waals surface area contributed by atoms with Gasteiger partial charge in [0.25, 0.3) is 0 Å². The number of amides is 2. The molecule has 2 N–H and O–H groups in total. The van der Waals surface area contributed by atoms with Crippen LogP contribution >= 0.6 is 0 Å². The lowest BCUT2D eigenvalue weighted by atomic mass is 9.94. The molecule has 6 nitrogen and oxygen atoms in total. The number of carbonyl (C=O) groups excluding carboxylic acids is 2. The molecule has 6 heteroatoms. The Kier molecular flexibility index (Phi) is 5.32. The van der Waals surface area contributed by atoms with Gasteiger partial charge in [-0.1, -0.05) is 13.8 Å². The minimum atomic E-state index is -1.01. The van der Waals surface area contributed by atoms with E-state index in [1.54, 1.807) is 18.7 Å². The molecular weight excluding hydrogens is 248 g/mol. The first-order valence-corrected chi connectivity index (χ1v) is 6.61. The van der Waals surface area contributed by atoms with Gasteiger partial charge in [0.2, 0.25) is 11.8 Å². The first kappa shape index (κ1) is 15.5. The predicted octanol–water partition coefficient (Wildman–Crippen LogP) is 0.470. The zero-order chi connectivity index (χ0) is 14.6. The predicted molar refractivity (Wildman–Crippen MR) is 69.4 cm³/mol. The summed E-state index contributed by atoms with van der Waals surface area (Å²) in [5, 5.41) is 11.6. The molecule has 108 valence electrons. The molecule has 0 unspecified atom stereocenters. The third kappa shape index (κ3) is 4.22. The second-order valence-electron chi connectivity index (χ2n) is 5.35. The van der Waals surface area contributed by atoms with E-state index in [4.69, 9.17) is 5.11 Å². The highest BCUT2D eigenvalue weighted by atomic mass is 16.4. The molecule has 2 amide bonds. The molecule has 1 atom stereocenters. The normalized spacial score (nSPS) is 18.2. The summed E-state index contributed by atoms with van der Waals surface area (Å²) < 4.78 is 0. The number of nitrogens with zero attached hydrogens (tertiary/aromatic N) is 1. The van der Waals surface area contributed by atoms with E-state index in [2.05, 4.69) is 5.32 Å². The monoisotopic (exact) mass is 270 g/mol. The summed E-state index contributed by atoms with van der Waals surface area (Å²) in [6.45, 7) is 6.16.